The number of hydrogen-bond donors (Lipinski definition) is 2. The zero-order valence-electron chi connectivity index (χ0n) is 11.6. The molecule has 3 nitrogen and oxygen atoms in total. The van der Waals surface area contributed by atoms with Crippen molar-refractivity contribution >= 4 is 24.8 Å². The first-order valence-electron chi connectivity index (χ1n) is 6.11. The number of rotatable bonds is 3. The summed E-state index contributed by atoms with van der Waals surface area (Å²) in [7, 11) is 0. The minimum atomic E-state index is -0.0373. The topological polar surface area (TPSA) is 58.9 Å². The van der Waals surface area contributed by atoms with E-state index in [4.69, 9.17) is 5.73 Å². The SMILES string of the molecule is Cc1cc(-c2ccc(CCN)cc2)c(=O)[nH]c1C.Cl.Cl. The predicted molar refractivity (Wildman–Crippen MR) is 89.2 cm³/mol. The quantitative estimate of drug-likeness (QED) is 0.915. The Kier molecular flexibility index (Phi) is 7.58. The Balaban J connectivity index is 0.00000180. The zero-order chi connectivity index (χ0) is 13.1. The van der Waals surface area contributed by atoms with Crippen LogP contribution in [-0.4, -0.2) is 11.5 Å². The van der Waals surface area contributed by atoms with Gasteiger partial charge in [-0.25, -0.2) is 0 Å². The molecular formula is C15H20Cl2N2O. The first kappa shape index (κ1) is 18.7. The van der Waals surface area contributed by atoms with Crippen LogP contribution < -0.4 is 11.3 Å². The van der Waals surface area contributed by atoms with Gasteiger partial charge in [-0.1, -0.05) is 24.3 Å². The average molecular weight is 315 g/mol. The zero-order valence-corrected chi connectivity index (χ0v) is 13.2. The van der Waals surface area contributed by atoms with Gasteiger partial charge in [-0.2, -0.15) is 0 Å². The minimum Gasteiger partial charge on any atom is -0.330 e. The number of hydrogen-bond acceptors (Lipinski definition) is 2. The van der Waals surface area contributed by atoms with Crippen LogP contribution in [0.25, 0.3) is 11.1 Å². The van der Waals surface area contributed by atoms with Gasteiger partial charge in [-0.15, -0.1) is 24.8 Å². The molecule has 0 bridgehead atoms. The summed E-state index contributed by atoms with van der Waals surface area (Å²) in [4.78, 5) is 14.8. The summed E-state index contributed by atoms with van der Waals surface area (Å²) in [5, 5.41) is 0. The highest BCUT2D eigenvalue weighted by atomic mass is 35.5. The standard InChI is InChI=1S/C15H18N2O.2ClH/c1-10-9-14(15(18)17-11(10)2)13-5-3-12(4-6-13)7-8-16;;/h3-6,9H,7-8,16H2,1-2H3,(H,17,18);2*1H. The van der Waals surface area contributed by atoms with Crippen LogP contribution in [0.3, 0.4) is 0 Å². The van der Waals surface area contributed by atoms with Crippen molar-refractivity contribution in [3.8, 4) is 11.1 Å². The van der Waals surface area contributed by atoms with Gasteiger partial charge in [-0.3, -0.25) is 4.79 Å². The maximum atomic E-state index is 11.9. The van der Waals surface area contributed by atoms with E-state index in [0.29, 0.717) is 6.54 Å². The molecule has 0 unspecified atom stereocenters. The third-order valence-corrected chi connectivity index (χ3v) is 3.20. The molecule has 0 saturated carbocycles. The number of nitrogens with one attached hydrogen (secondary N) is 1. The first-order chi connectivity index (χ1) is 8.61. The maximum absolute atomic E-state index is 11.9. The highest BCUT2D eigenvalue weighted by Gasteiger charge is 2.05. The lowest BCUT2D eigenvalue weighted by Gasteiger charge is -2.06. The fourth-order valence-corrected chi connectivity index (χ4v) is 1.96. The molecule has 110 valence electrons. The van der Waals surface area contributed by atoms with Gasteiger partial charge < -0.3 is 10.7 Å². The highest BCUT2D eigenvalue weighted by Crippen LogP contribution is 2.18. The molecule has 0 radical (unpaired) electrons. The van der Waals surface area contributed by atoms with Crippen molar-refractivity contribution in [2.45, 2.75) is 20.3 Å². The van der Waals surface area contributed by atoms with E-state index in [1.54, 1.807) is 0 Å². The van der Waals surface area contributed by atoms with Gasteiger partial charge in [0.2, 0.25) is 0 Å². The fraction of sp³-hybridized carbons (Fsp3) is 0.267. The average Bonchev–Trinajstić information content (AvgIpc) is 2.35. The summed E-state index contributed by atoms with van der Waals surface area (Å²) in [5.41, 5.74) is 10.4. The molecule has 1 aromatic heterocycles. The molecule has 0 amide bonds. The second-order valence-electron chi connectivity index (χ2n) is 4.56. The molecule has 1 heterocycles. The lowest BCUT2D eigenvalue weighted by Crippen LogP contribution is -2.11. The molecule has 2 rings (SSSR count). The van der Waals surface area contributed by atoms with Crippen molar-refractivity contribution < 1.29 is 0 Å². The second-order valence-corrected chi connectivity index (χ2v) is 4.56. The van der Waals surface area contributed by atoms with Gasteiger partial charge in [0.1, 0.15) is 0 Å². The molecule has 20 heavy (non-hydrogen) atoms. The van der Waals surface area contributed by atoms with Gasteiger partial charge in [0.15, 0.2) is 0 Å². The smallest absolute Gasteiger partial charge is 0.256 e. The lowest BCUT2D eigenvalue weighted by molar-refractivity contribution is 0.969. The first-order valence-corrected chi connectivity index (χ1v) is 6.11. The van der Waals surface area contributed by atoms with E-state index in [0.717, 1.165) is 28.8 Å². The van der Waals surface area contributed by atoms with E-state index < -0.39 is 0 Å². The number of nitrogens with two attached hydrogens (primary N) is 1. The Bertz CT molecular complexity index is 606. The Morgan fingerprint density at radius 3 is 2.25 bits per heavy atom. The molecule has 0 atom stereocenters. The Morgan fingerprint density at radius 1 is 1.10 bits per heavy atom. The van der Waals surface area contributed by atoms with Crippen molar-refractivity contribution in [1.82, 2.24) is 4.98 Å². The predicted octanol–water partition coefficient (Wildman–Crippen LogP) is 3.00. The number of benzene rings is 1. The molecule has 0 saturated heterocycles. The van der Waals surface area contributed by atoms with E-state index in [1.165, 1.54) is 5.56 Å². The van der Waals surface area contributed by atoms with Gasteiger partial charge in [0, 0.05) is 11.3 Å². The number of aromatic nitrogens is 1. The van der Waals surface area contributed by atoms with E-state index in [2.05, 4.69) is 4.98 Å². The van der Waals surface area contributed by atoms with Crippen molar-refractivity contribution in [2.75, 3.05) is 6.54 Å². The molecule has 0 fully saturated rings. The second kappa shape index (κ2) is 8.10. The van der Waals surface area contributed by atoms with Crippen molar-refractivity contribution in [2.24, 2.45) is 5.73 Å². The Morgan fingerprint density at radius 2 is 1.70 bits per heavy atom. The third-order valence-electron chi connectivity index (χ3n) is 3.20. The van der Waals surface area contributed by atoms with Crippen LogP contribution >= 0.6 is 24.8 Å². The summed E-state index contributed by atoms with van der Waals surface area (Å²) < 4.78 is 0. The van der Waals surface area contributed by atoms with Gasteiger partial charge in [0.05, 0.1) is 0 Å². The normalized spacial score (nSPS) is 9.55. The molecule has 0 spiro atoms. The molecule has 5 heteroatoms. The molecule has 3 N–H and O–H groups in total. The summed E-state index contributed by atoms with van der Waals surface area (Å²) in [5.74, 6) is 0. The molecule has 1 aromatic carbocycles. The largest absolute Gasteiger partial charge is 0.330 e. The molecule has 0 aliphatic rings. The number of halogens is 2. The third kappa shape index (κ3) is 4.10. The van der Waals surface area contributed by atoms with E-state index >= 15 is 0 Å². The van der Waals surface area contributed by atoms with E-state index in [1.807, 2.05) is 44.2 Å². The summed E-state index contributed by atoms with van der Waals surface area (Å²) in [6.45, 7) is 4.55. The van der Waals surface area contributed by atoms with E-state index in [-0.39, 0.29) is 30.4 Å². The summed E-state index contributed by atoms with van der Waals surface area (Å²) in [6, 6.07) is 9.94. The maximum Gasteiger partial charge on any atom is 0.256 e. The van der Waals surface area contributed by atoms with Crippen LogP contribution in [-0.2, 0) is 6.42 Å². The van der Waals surface area contributed by atoms with Crippen molar-refractivity contribution in [3.05, 3.63) is 57.5 Å². The number of H-pyrrole nitrogens is 1. The Labute approximate surface area is 131 Å². The van der Waals surface area contributed by atoms with Crippen LogP contribution in [0, 0.1) is 13.8 Å². The highest BCUT2D eigenvalue weighted by molar-refractivity contribution is 5.85. The van der Waals surface area contributed by atoms with Crippen LogP contribution in [0.2, 0.25) is 0 Å². The molecular weight excluding hydrogens is 295 g/mol. The summed E-state index contributed by atoms with van der Waals surface area (Å²) in [6.07, 6.45) is 0.865. The van der Waals surface area contributed by atoms with Crippen LogP contribution in [0.5, 0.6) is 0 Å². The van der Waals surface area contributed by atoms with Crippen molar-refractivity contribution in [3.63, 3.8) is 0 Å². The fourth-order valence-electron chi connectivity index (χ4n) is 1.96. The van der Waals surface area contributed by atoms with Gasteiger partial charge >= 0.3 is 0 Å². The number of aromatic amines is 1. The lowest BCUT2D eigenvalue weighted by atomic mass is 10.0. The Hall–Kier alpha value is -1.29. The number of aryl methyl sites for hydroxylation is 2. The van der Waals surface area contributed by atoms with Gasteiger partial charge in [0.25, 0.3) is 5.56 Å². The van der Waals surface area contributed by atoms with Crippen LogP contribution in [0.1, 0.15) is 16.8 Å². The molecule has 0 aliphatic heterocycles. The summed E-state index contributed by atoms with van der Waals surface area (Å²) >= 11 is 0. The van der Waals surface area contributed by atoms with Crippen LogP contribution in [0.4, 0.5) is 0 Å². The van der Waals surface area contributed by atoms with E-state index in [9.17, 15) is 4.79 Å². The minimum absolute atomic E-state index is 0. The van der Waals surface area contributed by atoms with Crippen molar-refractivity contribution in [1.29, 1.82) is 0 Å². The molecule has 2 aromatic rings. The number of pyridine rings is 1. The molecule has 0 aliphatic carbocycles. The monoisotopic (exact) mass is 314 g/mol. The van der Waals surface area contributed by atoms with Gasteiger partial charge in [-0.05, 0) is 49.6 Å². The van der Waals surface area contributed by atoms with Crippen LogP contribution in [0.15, 0.2) is 35.1 Å².